The molecule has 16 heavy (non-hydrogen) atoms. The Balaban J connectivity index is 2.02. The number of para-hydroxylation sites is 1. The summed E-state index contributed by atoms with van der Waals surface area (Å²) in [7, 11) is 0. The monoisotopic (exact) mass is 251 g/mol. The highest BCUT2D eigenvalue weighted by Gasteiger charge is 2.08. The number of nitrogens with zero attached hydrogens (tertiary/aromatic N) is 2. The molecule has 3 aromatic rings. The molecule has 0 fully saturated rings. The number of nitrogens with one attached hydrogen (secondary N) is 1. The van der Waals surface area contributed by atoms with Crippen molar-refractivity contribution in [3.05, 3.63) is 35.6 Å². The Bertz CT molecular complexity index is 618. The molecule has 0 unspecified atom stereocenters. The van der Waals surface area contributed by atoms with Crippen LogP contribution >= 0.6 is 22.7 Å². The summed E-state index contributed by atoms with van der Waals surface area (Å²) in [6.07, 6.45) is 1.71. The van der Waals surface area contributed by atoms with E-state index in [4.69, 9.17) is 0 Å². The van der Waals surface area contributed by atoms with Gasteiger partial charge in [-0.1, -0.05) is 17.4 Å². The summed E-state index contributed by atoms with van der Waals surface area (Å²) in [5.74, 6) is -0.291. The predicted octanol–water partition coefficient (Wildman–Crippen LogP) is 3.64. The number of aromatic nitrogens is 2. The first kappa shape index (κ1) is 9.68. The summed E-state index contributed by atoms with van der Waals surface area (Å²) in [6.45, 7) is 0. The zero-order valence-corrected chi connectivity index (χ0v) is 9.61. The summed E-state index contributed by atoms with van der Waals surface area (Å²) >= 11 is 2.90. The first-order valence-electron chi connectivity index (χ1n) is 4.54. The molecule has 0 bridgehead atoms. The largest absolute Gasteiger partial charge is 0.307 e. The molecule has 0 atom stereocenters. The average molecular weight is 251 g/mol. The van der Waals surface area contributed by atoms with Crippen LogP contribution in [-0.4, -0.2) is 9.97 Å². The van der Waals surface area contributed by atoms with Gasteiger partial charge in [0.15, 0.2) is 10.3 Å². The van der Waals surface area contributed by atoms with Crippen molar-refractivity contribution in [3.63, 3.8) is 0 Å². The van der Waals surface area contributed by atoms with Gasteiger partial charge in [0.1, 0.15) is 11.3 Å². The highest BCUT2D eigenvalue weighted by Crippen LogP contribution is 2.29. The number of anilines is 2. The molecule has 1 N–H and O–H groups in total. The van der Waals surface area contributed by atoms with Crippen LogP contribution in [0.25, 0.3) is 10.2 Å². The van der Waals surface area contributed by atoms with Crippen LogP contribution < -0.4 is 5.32 Å². The second-order valence-corrected chi connectivity index (χ2v) is 4.99. The van der Waals surface area contributed by atoms with Gasteiger partial charge in [-0.3, -0.25) is 0 Å². The van der Waals surface area contributed by atoms with Crippen molar-refractivity contribution in [2.45, 2.75) is 0 Å². The van der Waals surface area contributed by atoms with E-state index in [2.05, 4.69) is 15.3 Å². The first-order valence-corrected chi connectivity index (χ1v) is 6.24. The van der Waals surface area contributed by atoms with E-state index in [1.54, 1.807) is 12.3 Å². The van der Waals surface area contributed by atoms with Crippen LogP contribution in [0.1, 0.15) is 0 Å². The molecule has 2 aromatic heterocycles. The van der Waals surface area contributed by atoms with Crippen molar-refractivity contribution in [1.29, 1.82) is 0 Å². The SMILES string of the molecule is Fc1cccc2sc(Nc3nccs3)nc12. The van der Waals surface area contributed by atoms with Crippen LogP contribution in [-0.2, 0) is 0 Å². The third kappa shape index (κ3) is 1.66. The normalized spacial score (nSPS) is 10.8. The number of hydrogen-bond donors (Lipinski definition) is 1. The maximum atomic E-state index is 13.4. The Morgan fingerprint density at radius 3 is 2.94 bits per heavy atom. The lowest BCUT2D eigenvalue weighted by atomic mass is 10.3. The molecule has 3 rings (SSSR count). The lowest BCUT2D eigenvalue weighted by Crippen LogP contribution is -1.87. The van der Waals surface area contributed by atoms with Gasteiger partial charge in [-0.15, -0.1) is 11.3 Å². The second-order valence-electron chi connectivity index (χ2n) is 3.07. The van der Waals surface area contributed by atoms with Crippen molar-refractivity contribution in [1.82, 2.24) is 9.97 Å². The number of fused-ring (bicyclic) bond motifs is 1. The van der Waals surface area contributed by atoms with Gasteiger partial charge in [0.2, 0.25) is 0 Å². The average Bonchev–Trinajstić information content (AvgIpc) is 2.88. The summed E-state index contributed by atoms with van der Waals surface area (Å²) in [5, 5.41) is 6.35. The van der Waals surface area contributed by atoms with Crippen LogP contribution in [0, 0.1) is 5.82 Å². The molecule has 0 saturated heterocycles. The number of halogens is 1. The summed E-state index contributed by atoms with van der Waals surface area (Å²) in [5.41, 5.74) is 0.409. The topological polar surface area (TPSA) is 37.8 Å². The van der Waals surface area contributed by atoms with Gasteiger partial charge in [-0.05, 0) is 12.1 Å². The van der Waals surface area contributed by atoms with Crippen LogP contribution in [0.5, 0.6) is 0 Å². The lowest BCUT2D eigenvalue weighted by molar-refractivity contribution is 0.637. The summed E-state index contributed by atoms with van der Waals surface area (Å²) in [6, 6.07) is 4.95. The fourth-order valence-electron chi connectivity index (χ4n) is 1.35. The lowest BCUT2D eigenvalue weighted by Gasteiger charge is -1.93. The van der Waals surface area contributed by atoms with E-state index in [1.807, 2.05) is 11.4 Å². The quantitative estimate of drug-likeness (QED) is 0.755. The minimum absolute atomic E-state index is 0.291. The highest BCUT2D eigenvalue weighted by atomic mass is 32.1. The third-order valence-electron chi connectivity index (χ3n) is 2.02. The molecule has 3 nitrogen and oxygen atoms in total. The van der Waals surface area contributed by atoms with Crippen LogP contribution in [0.2, 0.25) is 0 Å². The molecule has 0 saturated carbocycles. The van der Waals surface area contributed by atoms with Crippen LogP contribution in [0.4, 0.5) is 14.7 Å². The van der Waals surface area contributed by atoms with E-state index in [-0.39, 0.29) is 5.82 Å². The molecule has 0 radical (unpaired) electrons. The fraction of sp³-hybridized carbons (Fsp3) is 0. The van der Waals surface area contributed by atoms with Gasteiger partial charge in [-0.25, -0.2) is 14.4 Å². The Morgan fingerprint density at radius 2 is 2.19 bits per heavy atom. The molecule has 0 aliphatic rings. The van der Waals surface area contributed by atoms with Crippen molar-refractivity contribution >= 4 is 43.2 Å². The van der Waals surface area contributed by atoms with Crippen molar-refractivity contribution in [2.24, 2.45) is 0 Å². The van der Waals surface area contributed by atoms with Crippen molar-refractivity contribution in [3.8, 4) is 0 Å². The minimum Gasteiger partial charge on any atom is -0.307 e. The maximum Gasteiger partial charge on any atom is 0.190 e. The van der Waals surface area contributed by atoms with Crippen molar-refractivity contribution in [2.75, 3.05) is 5.32 Å². The number of rotatable bonds is 2. The predicted molar refractivity (Wildman–Crippen MR) is 65.0 cm³/mol. The smallest absolute Gasteiger partial charge is 0.190 e. The van der Waals surface area contributed by atoms with Gasteiger partial charge in [0.25, 0.3) is 0 Å². The Kier molecular flexibility index (Phi) is 2.30. The highest BCUT2D eigenvalue weighted by molar-refractivity contribution is 7.22. The molecular weight excluding hydrogens is 245 g/mol. The Hall–Kier alpha value is -1.53. The number of thiazole rings is 2. The van der Waals surface area contributed by atoms with Crippen LogP contribution in [0.15, 0.2) is 29.8 Å². The van der Waals surface area contributed by atoms with E-state index in [1.165, 1.54) is 28.7 Å². The van der Waals surface area contributed by atoms with E-state index >= 15 is 0 Å². The first-order chi connectivity index (χ1) is 7.83. The molecule has 0 aliphatic heterocycles. The number of benzene rings is 1. The van der Waals surface area contributed by atoms with E-state index in [0.717, 1.165) is 9.83 Å². The van der Waals surface area contributed by atoms with Gasteiger partial charge >= 0.3 is 0 Å². The van der Waals surface area contributed by atoms with Gasteiger partial charge < -0.3 is 5.32 Å². The van der Waals surface area contributed by atoms with Gasteiger partial charge in [0, 0.05) is 11.6 Å². The molecule has 6 heteroatoms. The van der Waals surface area contributed by atoms with E-state index < -0.39 is 0 Å². The van der Waals surface area contributed by atoms with E-state index in [0.29, 0.717) is 10.6 Å². The molecule has 1 aromatic carbocycles. The second kappa shape index (κ2) is 3.80. The summed E-state index contributed by atoms with van der Waals surface area (Å²) < 4.78 is 14.2. The maximum absolute atomic E-state index is 13.4. The van der Waals surface area contributed by atoms with Crippen molar-refractivity contribution < 1.29 is 4.39 Å². The molecule has 80 valence electrons. The summed E-state index contributed by atoms with van der Waals surface area (Å²) in [4.78, 5) is 8.27. The van der Waals surface area contributed by atoms with Crippen LogP contribution in [0.3, 0.4) is 0 Å². The molecular formula is C10H6FN3S2. The molecule has 0 amide bonds. The third-order valence-corrected chi connectivity index (χ3v) is 3.64. The molecule has 2 heterocycles. The van der Waals surface area contributed by atoms with Gasteiger partial charge in [0.05, 0.1) is 4.70 Å². The standard InChI is InChI=1S/C10H6FN3S2/c11-6-2-1-3-7-8(6)13-10(16-7)14-9-12-4-5-15-9/h1-5H,(H,12,13,14). The van der Waals surface area contributed by atoms with E-state index in [9.17, 15) is 4.39 Å². The Labute approximate surface area is 98.6 Å². The zero-order chi connectivity index (χ0) is 11.0. The Morgan fingerprint density at radius 1 is 1.25 bits per heavy atom. The fourth-order valence-corrected chi connectivity index (χ4v) is 2.82. The number of hydrogen-bond acceptors (Lipinski definition) is 5. The zero-order valence-electron chi connectivity index (χ0n) is 7.98. The molecule has 0 spiro atoms. The molecule has 0 aliphatic carbocycles. The minimum atomic E-state index is -0.291. The van der Waals surface area contributed by atoms with Gasteiger partial charge in [-0.2, -0.15) is 0 Å².